The maximum Gasteiger partial charge on any atom is 0.126 e. The highest BCUT2D eigenvalue weighted by Gasteiger charge is 2.09. The average molecular weight is 484 g/mol. The molecule has 0 heterocycles. The molecule has 0 saturated carbocycles. The predicted molar refractivity (Wildman–Crippen MR) is 157 cm³/mol. The van der Waals surface area contributed by atoms with E-state index in [2.05, 4.69) is 98.5 Å². The number of unbranched alkanes of at least 4 members (excludes halogenated alkanes) is 2. The third-order valence-corrected chi connectivity index (χ3v) is 6.39. The average Bonchev–Trinajstić information content (AvgIpc) is 2.92. The Kier molecular flexibility index (Phi) is 10.7. The van der Waals surface area contributed by atoms with E-state index in [0.29, 0.717) is 0 Å². The molecular weight excluding hydrogens is 442 g/mol. The fourth-order valence-corrected chi connectivity index (χ4v) is 4.12. The van der Waals surface area contributed by atoms with Crippen LogP contribution >= 0.6 is 0 Å². The first kappa shape index (κ1) is 27.1. The standard InChI is InChI=1S/C33H41NO2/c1-6-8-22-34(23-9-7-2)31-20-16-28(17-21-31)15-19-30-25-32(35-4)29(24-33(30)36-5)18-14-27-12-10-26(3)11-13-27/h10-21,24-25H,6-9,22-23H2,1-5H3/b18-14+,19-15+. The molecule has 0 spiro atoms. The molecule has 3 heteroatoms. The molecule has 0 aliphatic rings. The van der Waals surface area contributed by atoms with Crippen molar-refractivity contribution in [2.24, 2.45) is 0 Å². The van der Waals surface area contributed by atoms with Crippen molar-refractivity contribution in [3.05, 3.63) is 88.5 Å². The summed E-state index contributed by atoms with van der Waals surface area (Å²) in [7, 11) is 3.42. The quantitative estimate of drug-likeness (QED) is 0.227. The van der Waals surface area contributed by atoms with Gasteiger partial charge in [-0.05, 0) is 55.2 Å². The van der Waals surface area contributed by atoms with Gasteiger partial charge in [-0.1, -0.05) is 93.0 Å². The minimum atomic E-state index is 0.816. The van der Waals surface area contributed by atoms with Crippen molar-refractivity contribution >= 4 is 30.0 Å². The molecule has 3 rings (SSSR count). The van der Waals surface area contributed by atoms with E-state index in [-0.39, 0.29) is 0 Å². The lowest BCUT2D eigenvalue weighted by molar-refractivity contribution is 0.401. The Balaban J connectivity index is 1.79. The van der Waals surface area contributed by atoms with E-state index in [1.165, 1.54) is 36.9 Å². The van der Waals surface area contributed by atoms with Gasteiger partial charge in [0.1, 0.15) is 11.5 Å². The second-order valence-corrected chi connectivity index (χ2v) is 9.20. The second-order valence-electron chi connectivity index (χ2n) is 9.20. The zero-order valence-electron chi connectivity index (χ0n) is 22.6. The summed E-state index contributed by atoms with van der Waals surface area (Å²) in [6.45, 7) is 8.84. The summed E-state index contributed by atoms with van der Waals surface area (Å²) in [5.41, 5.74) is 6.83. The summed E-state index contributed by atoms with van der Waals surface area (Å²) in [5.74, 6) is 1.63. The van der Waals surface area contributed by atoms with Gasteiger partial charge in [0, 0.05) is 29.9 Å². The molecule has 0 atom stereocenters. The van der Waals surface area contributed by atoms with Crippen LogP contribution in [0.5, 0.6) is 11.5 Å². The van der Waals surface area contributed by atoms with E-state index in [0.717, 1.165) is 46.8 Å². The van der Waals surface area contributed by atoms with Crippen LogP contribution in [0, 0.1) is 6.92 Å². The van der Waals surface area contributed by atoms with Gasteiger partial charge in [-0.15, -0.1) is 0 Å². The Morgan fingerprint density at radius 2 is 1.08 bits per heavy atom. The normalized spacial score (nSPS) is 11.4. The first-order valence-electron chi connectivity index (χ1n) is 13.1. The maximum absolute atomic E-state index is 5.72. The number of aryl methyl sites for hydroxylation is 1. The third-order valence-electron chi connectivity index (χ3n) is 6.39. The number of ether oxygens (including phenoxy) is 2. The summed E-state index contributed by atoms with van der Waals surface area (Å²) < 4.78 is 11.4. The van der Waals surface area contributed by atoms with Crippen LogP contribution in [0.4, 0.5) is 5.69 Å². The summed E-state index contributed by atoms with van der Waals surface area (Å²) in [4.78, 5) is 2.51. The van der Waals surface area contributed by atoms with Crippen molar-refractivity contribution in [3.8, 4) is 11.5 Å². The summed E-state index contributed by atoms with van der Waals surface area (Å²) in [6.07, 6.45) is 13.3. The molecule has 0 aromatic heterocycles. The Morgan fingerprint density at radius 1 is 0.639 bits per heavy atom. The number of methoxy groups -OCH3 is 2. The SMILES string of the molecule is CCCCN(CCCC)c1ccc(/C=C/c2cc(OC)c(/C=C/c3ccc(C)cc3)cc2OC)cc1. The van der Waals surface area contributed by atoms with Crippen LogP contribution in [-0.2, 0) is 0 Å². The van der Waals surface area contributed by atoms with E-state index < -0.39 is 0 Å². The van der Waals surface area contributed by atoms with Gasteiger partial charge in [0.25, 0.3) is 0 Å². The van der Waals surface area contributed by atoms with Crippen molar-refractivity contribution in [2.75, 3.05) is 32.2 Å². The number of rotatable bonds is 13. The van der Waals surface area contributed by atoms with Crippen LogP contribution in [0.2, 0.25) is 0 Å². The number of nitrogens with zero attached hydrogens (tertiary/aromatic N) is 1. The van der Waals surface area contributed by atoms with Gasteiger partial charge in [-0.25, -0.2) is 0 Å². The zero-order chi connectivity index (χ0) is 25.8. The van der Waals surface area contributed by atoms with E-state index >= 15 is 0 Å². The molecule has 36 heavy (non-hydrogen) atoms. The molecule has 0 radical (unpaired) electrons. The van der Waals surface area contributed by atoms with Gasteiger partial charge in [0.15, 0.2) is 0 Å². The molecule has 3 aromatic rings. The fraction of sp³-hybridized carbons (Fsp3) is 0.333. The van der Waals surface area contributed by atoms with E-state index in [1.807, 2.05) is 12.1 Å². The Labute approximate surface area is 218 Å². The van der Waals surface area contributed by atoms with Crippen LogP contribution in [-0.4, -0.2) is 27.3 Å². The first-order valence-corrected chi connectivity index (χ1v) is 13.1. The van der Waals surface area contributed by atoms with Gasteiger partial charge in [0.05, 0.1) is 14.2 Å². The van der Waals surface area contributed by atoms with Crippen molar-refractivity contribution in [2.45, 2.75) is 46.5 Å². The number of hydrogen-bond acceptors (Lipinski definition) is 3. The fourth-order valence-electron chi connectivity index (χ4n) is 4.12. The van der Waals surface area contributed by atoms with Gasteiger partial charge in [-0.3, -0.25) is 0 Å². The molecule has 0 saturated heterocycles. The van der Waals surface area contributed by atoms with Crippen molar-refractivity contribution in [3.63, 3.8) is 0 Å². The number of anilines is 1. The van der Waals surface area contributed by atoms with Crippen molar-refractivity contribution < 1.29 is 9.47 Å². The van der Waals surface area contributed by atoms with Crippen LogP contribution < -0.4 is 14.4 Å². The lowest BCUT2D eigenvalue weighted by Gasteiger charge is -2.24. The largest absolute Gasteiger partial charge is 0.496 e. The monoisotopic (exact) mass is 483 g/mol. The summed E-state index contributed by atoms with van der Waals surface area (Å²) >= 11 is 0. The predicted octanol–water partition coefficient (Wildman–Crippen LogP) is 8.76. The molecule has 190 valence electrons. The molecule has 0 bridgehead atoms. The van der Waals surface area contributed by atoms with Crippen LogP contribution in [0.1, 0.15) is 67.3 Å². The van der Waals surface area contributed by atoms with Crippen molar-refractivity contribution in [1.29, 1.82) is 0 Å². The molecule has 3 nitrogen and oxygen atoms in total. The first-order chi connectivity index (χ1) is 17.6. The number of hydrogen-bond donors (Lipinski definition) is 0. The van der Waals surface area contributed by atoms with Crippen LogP contribution in [0.3, 0.4) is 0 Å². The smallest absolute Gasteiger partial charge is 0.126 e. The van der Waals surface area contributed by atoms with Gasteiger partial charge in [0.2, 0.25) is 0 Å². The minimum absolute atomic E-state index is 0.816. The zero-order valence-corrected chi connectivity index (χ0v) is 22.6. The Hall–Kier alpha value is -3.46. The second kappa shape index (κ2) is 14.2. The van der Waals surface area contributed by atoms with E-state index in [4.69, 9.17) is 9.47 Å². The number of benzene rings is 3. The molecule has 0 amide bonds. The van der Waals surface area contributed by atoms with E-state index in [1.54, 1.807) is 14.2 Å². The lowest BCUT2D eigenvalue weighted by Crippen LogP contribution is -2.25. The topological polar surface area (TPSA) is 21.7 Å². The molecule has 0 unspecified atom stereocenters. The van der Waals surface area contributed by atoms with Crippen molar-refractivity contribution in [1.82, 2.24) is 0 Å². The van der Waals surface area contributed by atoms with Crippen LogP contribution in [0.15, 0.2) is 60.7 Å². The summed E-state index contributed by atoms with van der Waals surface area (Å²) in [6, 6.07) is 21.4. The van der Waals surface area contributed by atoms with E-state index in [9.17, 15) is 0 Å². The molecule has 0 aliphatic carbocycles. The molecule has 0 aliphatic heterocycles. The lowest BCUT2D eigenvalue weighted by atomic mass is 10.0. The highest BCUT2D eigenvalue weighted by Crippen LogP contribution is 2.32. The molecular formula is C33H41NO2. The molecule has 3 aromatic carbocycles. The highest BCUT2D eigenvalue weighted by atomic mass is 16.5. The summed E-state index contributed by atoms with van der Waals surface area (Å²) in [5, 5.41) is 0. The minimum Gasteiger partial charge on any atom is -0.496 e. The highest BCUT2D eigenvalue weighted by molar-refractivity contribution is 5.79. The van der Waals surface area contributed by atoms with Gasteiger partial charge < -0.3 is 14.4 Å². The van der Waals surface area contributed by atoms with Gasteiger partial charge >= 0.3 is 0 Å². The molecule has 0 fully saturated rings. The van der Waals surface area contributed by atoms with Gasteiger partial charge in [-0.2, -0.15) is 0 Å². The third kappa shape index (κ3) is 7.78. The van der Waals surface area contributed by atoms with Crippen LogP contribution in [0.25, 0.3) is 24.3 Å². The Bertz CT molecular complexity index is 1120. The Morgan fingerprint density at radius 3 is 1.50 bits per heavy atom. The molecule has 0 N–H and O–H groups in total. The maximum atomic E-state index is 5.72.